The molecule has 2 amide bonds. The Labute approximate surface area is 158 Å². The summed E-state index contributed by atoms with van der Waals surface area (Å²) in [5.41, 5.74) is 4.44. The number of hydrogen-bond donors (Lipinski definition) is 2. The van der Waals surface area contributed by atoms with Crippen molar-refractivity contribution >= 4 is 11.8 Å². The van der Waals surface area contributed by atoms with Gasteiger partial charge < -0.3 is 15.2 Å². The van der Waals surface area contributed by atoms with Gasteiger partial charge in [-0.2, -0.15) is 0 Å². The molecule has 0 unspecified atom stereocenters. The number of aromatic amines is 1. The second kappa shape index (κ2) is 7.52. The highest BCUT2D eigenvalue weighted by atomic mass is 16.2. The van der Waals surface area contributed by atoms with E-state index in [1.807, 2.05) is 17.0 Å². The van der Waals surface area contributed by atoms with Gasteiger partial charge in [-0.05, 0) is 18.1 Å². The van der Waals surface area contributed by atoms with Crippen molar-refractivity contribution in [2.45, 2.75) is 38.9 Å². The first-order chi connectivity index (χ1) is 13.1. The predicted molar refractivity (Wildman–Crippen MR) is 101 cm³/mol. The third kappa shape index (κ3) is 3.73. The standard InChI is InChI=1S/C20H25N5O2/c1-14-4-2-3-5-15(14)11-24-9-7-21-20(27)18(24)10-19(26)25-8-6-16-17(12-25)23-13-22-16/h2-5,13,18H,6-12H2,1H3,(H,21,27)(H,22,23)/t18-/m0/s1. The summed E-state index contributed by atoms with van der Waals surface area (Å²) in [4.78, 5) is 36.8. The number of hydrogen-bond acceptors (Lipinski definition) is 4. The van der Waals surface area contributed by atoms with E-state index < -0.39 is 6.04 Å². The Bertz CT molecular complexity index is 846. The molecule has 2 N–H and O–H groups in total. The molecule has 142 valence electrons. The topological polar surface area (TPSA) is 81.3 Å². The Morgan fingerprint density at radius 2 is 2.15 bits per heavy atom. The van der Waals surface area contributed by atoms with E-state index in [1.165, 1.54) is 11.1 Å². The summed E-state index contributed by atoms with van der Waals surface area (Å²) in [5.74, 6) is -0.0329. The molecule has 1 atom stereocenters. The molecule has 1 aromatic carbocycles. The molecule has 7 nitrogen and oxygen atoms in total. The maximum absolute atomic E-state index is 12.9. The minimum Gasteiger partial charge on any atom is -0.353 e. The Morgan fingerprint density at radius 3 is 3.00 bits per heavy atom. The number of benzene rings is 1. The minimum atomic E-state index is -0.422. The van der Waals surface area contributed by atoms with Gasteiger partial charge in [-0.3, -0.25) is 14.5 Å². The van der Waals surface area contributed by atoms with Crippen LogP contribution in [0.15, 0.2) is 30.6 Å². The number of aromatic nitrogens is 2. The summed E-state index contributed by atoms with van der Waals surface area (Å²) in [7, 11) is 0. The Kier molecular flexibility index (Phi) is 4.94. The second-order valence-corrected chi connectivity index (χ2v) is 7.30. The van der Waals surface area contributed by atoms with Crippen LogP contribution in [0.5, 0.6) is 0 Å². The highest BCUT2D eigenvalue weighted by Gasteiger charge is 2.34. The number of piperazine rings is 1. The molecule has 0 bridgehead atoms. The lowest BCUT2D eigenvalue weighted by molar-refractivity contribution is -0.139. The Morgan fingerprint density at radius 1 is 1.30 bits per heavy atom. The summed E-state index contributed by atoms with van der Waals surface area (Å²) in [6.07, 6.45) is 2.65. The SMILES string of the molecule is Cc1ccccc1CN1CCNC(=O)[C@@H]1CC(=O)N1CCc2nc[nH]c2C1. The average molecular weight is 367 g/mol. The molecule has 7 heteroatoms. The fraction of sp³-hybridized carbons (Fsp3) is 0.450. The molecule has 27 heavy (non-hydrogen) atoms. The van der Waals surface area contributed by atoms with Crippen LogP contribution >= 0.6 is 0 Å². The lowest BCUT2D eigenvalue weighted by atomic mass is 10.0. The van der Waals surface area contributed by atoms with Crippen LogP contribution in [0.1, 0.15) is 28.9 Å². The predicted octanol–water partition coefficient (Wildman–Crippen LogP) is 0.994. The van der Waals surface area contributed by atoms with E-state index in [-0.39, 0.29) is 18.2 Å². The Hall–Kier alpha value is -2.67. The maximum atomic E-state index is 12.9. The zero-order chi connectivity index (χ0) is 18.8. The van der Waals surface area contributed by atoms with Crippen molar-refractivity contribution in [2.24, 2.45) is 0 Å². The lowest BCUT2D eigenvalue weighted by Crippen LogP contribution is -2.56. The van der Waals surface area contributed by atoms with Gasteiger partial charge >= 0.3 is 0 Å². The van der Waals surface area contributed by atoms with Crippen molar-refractivity contribution in [2.75, 3.05) is 19.6 Å². The van der Waals surface area contributed by atoms with Crippen molar-refractivity contribution in [3.05, 3.63) is 53.1 Å². The lowest BCUT2D eigenvalue weighted by Gasteiger charge is -2.36. The quantitative estimate of drug-likeness (QED) is 0.845. The van der Waals surface area contributed by atoms with Gasteiger partial charge in [-0.15, -0.1) is 0 Å². The van der Waals surface area contributed by atoms with Gasteiger partial charge in [-0.1, -0.05) is 24.3 Å². The molecule has 1 fully saturated rings. The van der Waals surface area contributed by atoms with Crippen LogP contribution in [0.25, 0.3) is 0 Å². The smallest absolute Gasteiger partial charge is 0.237 e. The van der Waals surface area contributed by atoms with Crippen LogP contribution < -0.4 is 5.32 Å². The number of carbonyl (C=O) groups excluding carboxylic acids is 2. The molecule has 2 aromatic rings. The van der Waals surface area contributed by atoms with Crippen molar-refractivity contribution in [3.63, 3.8) is 0 Å². The van der Waals surface area contributed by atoms with Crippen LogP contribution in [0.3, 0.4) is 0 Å². The van der Waals surface area contributed by atoms with E-state index >= 15 is 0 Å². The van der Waals surface area contributed by atoms with Gasteiger partial charge in [0.25, 0.3) is 0 Å². The average Bonchev–Trinajstić information content (AvgIpc) is 3.14. The molecule has 0 spiro atoms. The van der Waals surface area contributed by atoms with E-state index in [2.05, 4.69) is 39.2 Å². The van der Waals surface area contributed by atoms with Gasteiger partial charge in [0.05, 0.1) is 36.7 Å². The van der Waals surface area contributed by atoms with Crippen molar-refractivity contribution in [1.82, 2.24) is 25.1 Å². The molecule has 2 aliphatic rings. The highest BCUT2D eigenvalue weighted by molar-refractivity contribution is 5.89. The summed E-state index contributed by atoms with van der Waals surface area (Å²) >= 11 is 0. The minimum absolute atomic E-state index is 0.0204. The van der Waals surface area contributed by atoms with Crippen molar-refractivity contribution < 1.29 is 9.59 Å². The van der Waals surface area contributed by atoms with Gasteiger partial charge in [0, 0.05) is 32.6 Å². The molecule has 4 rings (SSSR count). The van der Waals surface area contributed by atoms with Gasteiger partial charge in [0.15, 0.2) is 0 Å². The van der Waals surface area contributed by atoms with Crippen LogP contribution in [0.2, 0.25) is 0 Å². The summed E-state index contributed by atoms with van der Waals surface area (Å²) in [5, 5.41) is 2.91. The maximum Gasteiger partial charge on any atom is 0.237 e. The van der Waals surface area contributed by atoms with Gasteiger partial charge in [0.2, 0.25) is 11.8 Å². The van der Waals surface area contributed by atoms with Gasteiger partial charge in [0.1, 0.15) is 0 Å². The fourth-order valence-electron chi connectivity index (χ4n) is 3.90. The number of imidazole rings is 1. The highest BCUT2D eigenvalue weighted by Crippen LogP contribution is 2.20. The first-order valence-corrected chi connectivity index (χ1v) is 9.47. The molecule has 0 saturated carbocycles. The molecular formula is C20H25N5O2. The third-order valence-corrected chi connectivity index (χ3v) is 5.57. The molecular weight excluding hydrogens is 342 g/mol. The molecule has 0 aliphatic carbocycles. The van der Waals surface area contributed by atoms with E-state index in [0.29, 0.717) is 26.2 Å². The molecule has 2 aliphatic heterocycles. The number of carbonyl (C=O) groups is 2. The van der Waals surface area contributed by atoms with Crippen LogP contribution in [0.4, 0.5) is 0 Å². The molecule has 1 aromatic heterocycles. The monoisotopic (exact) mass is 367 g/mol. The fourth-order valence-corrected chi connectivity index (χ4v) is 3.90. The van der Waals surface area contributed by atoms with E-state index in [0.717, 1.165) is 24.4 Å². The van der Waals surface area contributed by atoms with Crippen molar-refractivity contribution in [1.29, 1.82) is 0 Å². The van der Waals surface area contributed by atoms with Crippen LogP contribution in [0, 0.1) is 6.92 Å². The number of H-pyrrole nitrogens is 1. The first kappa shape index (κ1) is 17.7. The van der Waals surface area contributed by atoms with Crippen LogP contribution in [-0.4, -0.2) is 57.3 Å². The normalized spacial score (nSPS) is 20.3. The summed E-state index contributed by atoms with van der Waals surface area (Å²) < 4.78 is 0. The van der Waals surface area contributed by atoms with Crippen LogP contribution in [-0.2, 0) is 29.1 Å². The first-order valence-electron chi connectivity index (χ1n) is 9.47. The number of fused-ring (bicyclic) bond motifs is 1. The zero-order valence-corrected chi connectivity index (χ0v) is 15.6. The van der Waals surface area contributed by atoms with Gasteiger partial charge in [-0.25, -0.2) is 4.98 Å². The van der Waals surface area contributed by atoms with E-state index in [4.69, 9.17) is 0 Å². The zero-order valence-electron chi connectivity index (χ0n) is 15.6. The van der Waals surface area contributed by atoms with E-state index in [1.54, 1.807) is 6.33 Å². The number of rotatable bonds is 4. The molecule has 3 heterocycles. The van der Waals surface area contributed by atoms with Crippen molar-refractivity contribution in [3.8, 4) is 0 Å². The second-order valence-electron chi connectivity index (χ2n) is 7.30. The van der Waals surface area contributed by atoms with E-state index in [9.17, 15) is 9.59 Å². The number of amides is 2. The summed E-state index contributed by atoms with van der Waals surface area (Å²) in [6.45, 7) is 5.33. The number of nitrogens with one attached hydrogen (secondary N) is 2. The molecule has 0 radical (unpaired) electrons. The number of nitrogens with zero attached hydrogens (tertiary/aromatic N) is 3. The molecule has 1 saturated heterocycles. The third-order valence-electron chi connectivity index (χ3n) is 5.57. The Balaban J connectivity index is 1.45. The number of aryl methyl sites for hydroxylation is 1. The summed E-state index contributed by atoms with van der Waals surface area (Å²) in [6, 6.07) is 7.78. The largest absolute Gasteiger partial charge is 0.353 e.